The van der Waals surface area contributed by atoms with Crippen LogP contribution in [0.1, 0.15) is 25.0 Å². The average molecular weight is 467 g/mol. The normalized spacial score (nSPS) is 17.8. The first-order chi connectivity index (χ1) is 11.9. The third kappa shape index (κ3) is 10.0. The Bertz CT molecular complexity index is 451. The lowest BCUT2D eigenvalue weighted by Gasteiger charge is -2.21. The van der Waals surface area contributed by atoms with Crippen molar-refractivity contribution in [3.63, 3.8) is 0 Å². The third-order valence-corrected chi connectivity index (χ3v) is 3.75. The van der Waals surface area contributed by atoms with E-state index in [1.165, 1.54) is 6.42 Å². The maximum absolute atomic E-state index is 8.71. The zero-order valence-electron chi connectivity index (χ0n) is 14.6. The second-order valence-corrected chi connectivity index (χ2v) is 5.70. The average Bonchev–Trinajstić information content (AvgIpc) is 3.13. The van der Waals surface area contributed by atoms with Gasteiger partial charge in [-0.15, -0.1) is 24.0 Å². The van der Waals surface area contributed by atoms with Crippen molar-refractivity contribution in [2.24, 2.45) is 4.99 Å². The summed E-state index contributed by atoms with van der Waals surface area (Å²) in [4.78, 5) is 4.62. The molecule has 0 bridgehead atoms. The SMILES string of the molecule is I.OCCOCCNC(=NCC1CCCCO1)NCCc1ccco1. The van der Waals surface area contributed by atoms with Gasteiger partial charge in [-0.25, -0.2) is 0 Å². The van der Waals surface area contributed by atoms with Gasteiger partial charge in [0.15, 0.2) is 5.96 Å². The zero-order chi connectivity index (χ0) is 16.9. The van der Waals surface area contributed by atoms with Gasteiger partial charge >= 0.3 is 0 Å². The molecule has 25 heavy (non-hydrogen) atoms. The van der Waals surface area contributed by atoms with Crippen molar-refractivity contribution in [1.29, 1.82) is 0 Å². The van der Waals surface area contributed by atoms with Crippen LogP contribution in [0.5, 0.6) is 0 Å². The third-order valence-electron chi connectivity index (χ3n) is 3.75. The number of nitrogens with zero attached hydrogens (tertiary/aromatic N) is 1. The Morgan fingerprint density at radius 2 is 2.16 bits per heavy atom. The molecule has 8 heteroatoms. The molecular formula is C17H30IN3O4. The molecular weight excluding hydrogens is 437 g/mol. The highest BCUT2D eigenvalue weighted by atomic mass is 127. The van der Waals surface area contributed by atoms with E-state index in [1.54, 1.807) is 6.26 Å². The smallest absolute Gasteiger partial charge is 0.191 e. The topological polar surface area (TPSA) is 88.2 Å². The summed E-state index contributed by atoms with van der Waals surface area (Å²) < 4.78 is 16.3. The molecule has 7 nitrogen and oxygen atoms in total. The molecule has 1 aromatic heterocycles. The first-order valence-corrected chi connectivity index (χ1v) is 8.73. The van der Waals surface area contributed by atoms with E-state index in [4.69, 9.17) is 19.0 Å². The van der Waals surface area contributed by atoms with Gasteiger partial charge < -0.3 is 29.6 Å². The Morgan fingerprint density at radius 1 is 1.28 bits per heavy atom. The zero-order valence-corrected chi connectivity index (χ0v) is 16.9. The van der Waals surface area contributed by atoms with Gasteiger partial charge in [-0.3, -0.25) is 4.99 Å². The fourth-order valence-electron chi connectivity index (χ4n) is 2.49. The van der Waals surface area contributed by atoms with Gasteiger partial charge in [-0.05, 0) is 31.4 Å². The number of aliphatic imine (C=N–C) groups is 1. The number of halogens is 1. The van der Waals surface area contributed by atoms with Gasteiger partial charge in [-0.2, -0.15) is 0 Å². The Morgan fingerprint density at radius 3 is 2.88 bits per heavy atom. The molecule has 1 aromatic rings. The number of aliphatic hydroxyl groups excluding tert-OH is 1. The number of nitrogens with one attached hydrogen (secondary N) is 2. The summed E-state index contributed by atoms with van der Waals surface area (Å²) in [5.74, 6) is 1.70. The summed E-state index contributed by atoms with van der Waals surface area (Å²) in [6.07, 6.45) is 6.13. The summed E-state index contributed by atoms with van der Waals surface area (Å²) in [6, 6.07) is 3.85. The summed E-state index contributed by atoms with van der Waals surface area (Å²) in [7, 11) is 0. The number of aliphatic hydroxyl groups is 1. The highest BCUT2D eigenvalue weighted by molar-refractivity contribution is 14.0. The molecule has 2 rings (SSSR count). The van der Waals surface area contributed by atoms with Crippen molar-refractivity contribution in [3.8, 4) is 0 Å². The van der Waals surface area contributed by atoms with Gasteiger partial charge in [0.1, 0.15) is 5.76 Å². The summed E-state index contributed by atoms with van der Waals surface area (Å²) in [5, 5.41) is 15.3. The van der Waals surface area contributed by atoms with Crippen LogP contribution in [0.2, 0.25) is 0 Å². The number of rotatable bonds is 10. The molecule has 2 heterocycles. The molecule has 0 aromatic carbocycles. The second kappa shape index (κ2) is 14.3. The van der Waals surface area contributed by atoms with E-state index in [-0.39, 0.29) is 36.7 Å². The van der Waals surface area contributed by atoms with Crippen molar-refractivity contribution >= 4 is 29.9 Å². The van der Waals surface area contributed by atoms with Gasteiger partial charge in [0.2, 0.25) is 0 Å². The first kappa shape index (κ1) is 22.2. The van der Waals surface area contributed by atoms with Crippen molar-refractivity contribution < 1.29 is 19.0 Å². The van der Waals surface area contributed by atoms with Crippen molar-refractivity contribution in [3.05, 3.63) is 24.2 Å². The molecule has 0 saturated carbocycles. The highest BCUT2D eigenvalue weighted by Crippen LogP contribution is 2.12. The van der Waals surface area contributed by atoms with E-state index >= 15 is 0 Å². The Hall–Kier alpha value is -0.840. The fraction of sp³-hybridized carbons (Fsp3) is 0.706. The summed E-state index contributed by atoms with van der Waals surface area (Å²) >= 11 is 0. The quantitative estimate of drug-likeness (QED) is 0.210. The molecule has 0 amide bonds. The standard InChI is InChI=1S/C17H29N3O4.HI/c21-9-13-22-12-8-19-17(18-7-6-15-5-3-11-23-15)20-14-16-4-1-2-10-24-16;/h3,5,11,16,21H,1-2,4,6-10,12-14H2,(H2,18,19,20);1H. The van der Waals surface area contributed by atoms with E-state index < -0.39 is 0 Å². The van der Waals surface area contributed by atoms with Crippen LogP contribution in [-0.2, 0) is 15.9 Å². The van der Waals surface area contributed by atoms with E-state index in [2.05, 4.69) is 15.6 Å². The van der Waals surface area contributed by atoms with Crippen LogP contribution >= 0.6 is 24.0 Å². The van der Waals surface area contributed by atoms with Gasteiger partial charge in [0, 0.05) is 26.1 Å². The lowest BCUT2D eigenvalue weighted by molar-refractivity contribution is 0.0224. The monoisotopic (exact) mass is 467 g/mol. The van der Waals surface area contributed by atoms with Crippen molar-refractivity contribution in [2.75, 3.05) is 46.1 Å². The predicted octanol–water partition coefficient (Wildman–Crippen LogP) is 1.55. The summed E-state index contributed by atoms with van der Waals surface area (Å²) in [6.45, 7) is 3.80. The van der Waals surface area contributed by atoms with Crippen LogP contribution in [0.25, 0.3) is 0 Å². The van der Waals surface area contributed by atoms with Gasteiger partial charge in [-0.1, -0.05) is 0 Å². The van der Waals surface area contributed by atoms with Crippen LogP contribution in [0, 0.1) is 0 Å². The van der Waals surface area contributed by atoms with E-state index in [9.17, 15) is 0 Å². The molecule has 3 N–H and O–H groups in total. The number of hydrogen-bond acceptors (Lipinski definition) is 5. The molecule has 1 saturated heterocycles. The minimum Gasteiger partial charge on any atom is -0.469 e. The number of ether oxygens (including phenoxy) is 2. The molecule has 0 aliphatic carbocycles. The number of furan rings is 1. The molecule has 1 atom stereocenters. The fourth-order valence-corrected chi connectivity index (χ4v) is 2.49. The molecule has 0 spiro atoms. The molecule has 1 aliphatic rings. The number of hydrogen-bond donors (Lipinski definition) is 3. The van der Waals surface area contributed by atoms with Crippen molar-refractivity contribution in [2.45, 2.75) is 31.8 Å². The molecule has 1 aliphatic heterocycles. The van der Waals surface area contributed by atoms with Gasteiger partial charge in [0.05, 0.1) is 38.7 Å². The summed E-state index contributed by atoms with van der Waals surface area (Å²) in [5.41, 5.74) is 0. The highest BCUT2D eigenvalue weighted by Gasteiger charge is 2.13. The molecule has 0 radical (unpaired) electrons. The Labute approximate surface area is 166 Å². The van der Waals surface area contributed by atoms with E-state index in [1.807, 2.05) is 12.1 Å². The Balaban J connectivity index is 0.00000312. The lowest BCUT2D eigenvalue weighted by atomic mass is 10.1. The maximum Gasteiger partial charge on any atom is 0.191 e. The second-order valence-electron chi connectivity index (χ2n) is 5.70. The van der Waals surface area contributed by atoms with Crippen LogP contribution in [0.3, 0.4) is 0 Å². The minimum atomic E-state index is 0. The molecule has 1 unspecified atom stereocenters. The van der Waals surface area contributed by atoms with Crippen LogP contribution < -0.4 is 10.6 Å². The molecule has 144 valence electrons. The van der Waals surface area contributed by atoms with Gasteiger partial charge in [0.25, 0.3) is 0 Å². The molecule has 1 fully saturated rings. The van der Waals surface area contributed by atoms with Crippen LogP contribution in [0.15, 0.2) is 27.8 Å². The van der Waals surface area contributed by atoms with Crippen LogP contribution in [-0.4, -0.2) is 63.2 Å². The van der Waals surface area contributed by atoms with Crippen molar-refractivity contribution in [1.82, 2.24) is 10.6 Å². The lowest BCUT2D eigenvalue weighted by Crippen LogP contribution is -2.40. The first-order valence-electron chi connectivity index (χ1n) is 8.73. The number of guanidine groups is 1. The largest absolute Gasteiger partial charge is 0.469 e. The Kier molecular flexibility index (Phi) is 12.7. The predicted molar refractivity (Wildman–Crippen MR) is 108 cm³/mol. The van der Waals surface area contributed by atoms with E-state index in [0.717, 1.165) is 44.1 Å². The minimum absolute atomic E-state index is 0. The van der Waals surface area contributed by atoms with E-state index in [0.29, 0.717) is 26.3 Å². The van der Waals surface area contributed by atoms with Crippen LogP contribution in [0.4, 0.5) is 0 Å². The maximum atomic E-state index is 8.71.